The zero-order valence-corrected chi connectivity index (χ0v) is 15.9. The molecule has 0 aliphatic carbocycles. The number of hydrogen-bond donors (Lipinski definition) is 1. The highest BCUT2D eigenvalue weighted by molar-refractivity contribution is 7.09. The van der Waals surface area contributed by atoms with Gasteiger partial charge in [-0.2, -0.15) is 4.37 Å². The average Bonchev–Trinajstić information content (AvgIpc) is 3.27. The van der Waals surface area contributed by atoms with Crippen LogP contribution < -0.4 is 10.2 Å². The van der Waals surface area contributed by atoms with Crippen LogP contribution in [0.25, 0.3) is 0 Å². The van der Waals surface area contributed by atoms with E-state index in [-0.39, 0.29) is 0 Å². The molecule has 1 aliphatic heterocycles. The van der Waals surface area contributed by atoms with Gasteiger partial charge in [-0.3, -0.25) is 0 Å². The van der Waals surface area contributed by atoms with Crippen molar-refractivity contribution in [3.05, 3.63) is 47.5 Å². The van der Waals surface area contributed by atoms with Gasteiger partial charge in [0, 0.05) is 30.7 Å². The topological polar surface area (TPSA) is 71.8 Å². The van der Waals surface area contributed by atoms with Crippen molar-refractivity contribution in [2.75, 3.05) is 23.3 Å². The Hall–Kier alpha value is -2.48. The van der Waals surface area contributed by atoms with E-state index >= 15 is 0 Å². The predicted octanol–water partition coefficient (Wildman–Crippen LogP) is 2.88. The number of nitrogens with one attached hydrogen (secondary N) is 1. The normalized spacial score (nSPS) is 15.4. The molecule has 2 aromatic heterocycles. The van der Waals surface area contributed by atoms with E-state index in [1.54, 1.807) is 6.33 Å². The van der Waals surface area contributed by atoms with Crippen molar-refractivity contribution >= 4 is 22.6 Å². The van der Waals surface area contributed by atoms with Crippen LogP contribution in [0.1, 0.15) is 29.8 Å². The Kier molecular flexibility index (Phi) is 4.83. The minimum absolute atomic E-state index is 0.399. The highest BCUT2D eigenvalue weighted by Crippen LogP contribution is 2.22. The van der Waals surface area contributed by atoms with Crippen LogP contribution >= 0.6 is 11.5 Å². The van der Waals surface area contributed by atoms with Gasteiger partial charge in [-0.1, -0.05) is 29.8 Å². The fourth-order valence-corrected chi connectivity index (χ4v) is 3.86. The van der Waals surface area contributed by atoms with Gasteiger partial charge in [0.25, 0.3) is 0 Å². The molecule has 1 aliphatic rings. The zero-order chi connectivity index (χ0) is 17.9. The van der Waals surface area contributed by atoms with Gasteiger partial charge >= 0.3 is 0 Å². The summed E-state index contributed by atoms with van der Waals surface area (Å²) in [6, 6.07) is 8.91. The summed E-state index contributed by atoms with van der Waals surface area (Å²) >= 11 is 1.48. The van der Waals surface area contributed by atoms with E-state index < -0.39 is 0 Å². The first-order valence-electron chi connectivity index (χ1n) is 8.92. The Labute approximate surface area is 157 Å². The fraction of sp³-hybridized carbons (Fsp3) is 0.444. The number of anilines is 2. The van der Waals surface area contributed by atoms with Crippen molar-refractivity contribution < 1.29 is 0 Å². The standard InChI is InChI=1S/C18H23N7S/c1-13-3-5-15(6-4-13)11-25-12-19-17(22-25)21-16-7-9-24(10-8-16)18-20-14(2)23-26-18/h3-6,12,16H,7-11H2,1-2H3,(H,21,22). The molecule has 0 unspecified atom stereocenters. The monoisotopic (exact) mass is 369 g/mol. The quantitative estimate of drug-likeness (QED) is 0.746. The van der Waals surface area contributed by atoms with E-state index in [2.05, 4.69) is 60.8 Å². The molecule has 0 atom stereocenters. The van der Waals surface area contributed by atoms with Crippen LogP contribution in [0.4, 0.5) is 11.1 Å². The summed E-state index contributed by atoms with van der Waals surface area (Å²) in [7, 11) is 0. The Morgan fingerprint density at radius 3 is 2.62 bits per heavy atom. The van der Waals surface area contributed by atoms with Crippen LogP contribution in [-0.4, -0.2) is 43.3 Å². The van der Waals surface area contributed by atoms with Crippen molar-refractivity contribution in [1.82, 2.24) is 24.1 Å². The van der Waals surface area contributed by atoms with Crippen molar-refractivity contribution in [3.8, 4) is 0 Å². The van der Waals surface area contributed by atoms with Gasteiger partial charge in [0.1, 0.15) is 12.2 Å². The molecule has 8 heteroatoms. The van der Waals surface area contributed by atoms with Crippen LogP contribution in [0, 0.1) is 13.8 Å². The molecule has 1 N–H and O–H groups in total. The third-order valence-electron chi connectivity index (χ3n) is 4.62. The van der Waals surface area contributed by atoms with Crippen molar-refractivity contribution in [2.45, 2.75) is 39.3 Å². The highest BCUT2D eigenvalue weighted by Gasteiger charge is 2.22. The second-order valence-electron chi connectivity index (χ2n) is 6.78. The summed E-state index contributed by atoms with van der Waals surface area (Å²) in [6.07, 6.45) is 3.89. The molecule has 7 nitrogen and oxygen atoms in total. The van der Waals surface area contributed by atoms with Gasteiger partial charge in [0.05, 0.1) is 6.54 Å². The predicted molar refractivity (Wildman–Crippen MR) is 104 cm³/mol. The Balaban J connectivity index is 1.30. The molecule has 1 fully saturated rings. The molecular weight excluding hydrogens is 346 g/mol. The fourth-order valence-electron chi connectivity index (χ4n) is 3.13. The first-order chi connectivity index (χ1) is 12.7. The summed E-state index contributed by atoms with van der Waals surface area (Å²) in [5.41, 5.74) is 2.50. The van der Waals surface area contributed by atoms with E-state index in [1.807, 2.05) is 11.6 Å². The molecular formula is C18H23N7S. The molecule has 0 radical (unpaired) electrons. The molecule has 26 heavy (non-hydrogen) atoms. The summed E-state index contributed by atoms with van der Waals surface area (Å²) in [5.74, 6) is 1.57. The maximum absolute atomic E-state index is 4.56. The largest absolute Gasteiger partial charge is 0.350 e. The van der Waals surface area contributed by atoms with Gasteiger partial charge < -0.3 is 10.2 Å². The minimum Gasteiger partial charge on any atom is -0.350 e. The van der Waals surface area contributed by atoms with Crippen molar-refractivity contribution in [2.24, 2.45) is 0 Å². The maximum Gasteiger partial charge on any atom is 0.242 e. The summed E-state index contributed by atoms with van der Waals surface area (Å²) in [5, 5.41) is 9.06. The minimum atomic E-state index is 0.399. The molecule has 136 valence electrons. The van der Waals surface area contributed by atoms with Gasteiger partial charge in [0.2, 0.25) is 11.1 Å². The maximum atomic E-state index is 4.56. The number of aryl methyl sites for hydroxylation is 2. The van der Waals surface area contributed by atoms with Crippen LogP contribution in [0.3, 0.4) is 0 Å². The number of hydrogen-bond acceptors (Lipinski definition) is 7. The third-order valence-corrected chi connectivity index (χ3v) is 5.49. The third kappa shape index (κ3) is 4.01. The van der Waals surface area contributed by atoms with Crippen LogP contribution in [-0.2, 0) is 6.54 Å². The number of benzene rings is 1. The first kappa shape index (κ1) is 17.0. The van der Waals surface area contributed by atoms with Crippen molar-refractivity contribution in [1.29, 1.82) is 0 Å². The van der Waals surface area contributed by atoms with Crippen LogP contribution in [0.5, 0.6) is 0 Å². The lowest BCUT2D eigenvalue weighted by molar-refractivity contribution is 0.522. The molecule has 1 saturated heterocycles. The lowest BCUT2D eigenvalue weighted by Crippen LogP contribution is -2.39. The van der Waals surface area contributed by atoms with Crippen molar-refractivity contribution in [3.63, 3.8) is 0 Å². The number of piperidine rings is 1. The van der Waals surface area contributed by atoms with Gasteiger partial charge in [-0.25, -0.2) is 14.6 Å². The van der Waals surface area contributed by atoms with Crippen LogP contribution in [0.15, 0.2) is 30.6 Å². The van der Waals surface area contributed by atoms with Crippen LogP contribution in [0.2, 0.25) is 0 Å². The molecule has 0 saturated carbocycles. The molecule has 4 rings (SSSR count). The van der Waals surface area contributed by atoms with E-state index in [1.165, 1.54) is 22.7 Å². The highest BCUT2D eigenvalue weighted by atomic mass is 32.1. The first-order valence-corrected chi connectivity index (χ1v) is 9.70. The Morgan fingerprint density at radius 2 is 1.92 bits per heavy atom. The van der Waals surface area contributed by atoms with E-state index in [4.69, 9.17) is 0 Å². The van der Waals surface area contributed by atoms with Gasteiger partial charge in [-0.15, -0.1) is 5.10 Å². The summed E-state index contributed by atoms with van der Waals surface area (Å²) < 4.78 is 6.15. The smallest absolute Gasteiger partial charge is 0.242 e. The second kappa shape index (κ2) is 7.41. The molecule has 0 spiro atoms. The summed E-state index contributed by atoms with van der Waals surface area (Å²) in [4.78, 5) is 11.2. The second-order valence-corrected chi connectivity index (χ2v) is 7.51. The molecule has 3 heterocycles. The lowest BCUT2D eigenvalue weighted by atomic mass is 10.1. The number of rotatable bonds is 5. The SMILES string of the molecule is Cc1ccc(Cn2cnc(NC3CCN(c4nc(C)ns4)CC3)n2)cc1. The lowest BCUT2D eigenvalue weighted by Gasteiger charge is -2.31. The van der Waals surface area contributed by atoms with Gasteiger partial charge in [0.15, 0.2) is 0 Å². The molecule has 0 amide bonds. The number of nitrogens with zero attached hydrogens (tertiary/aromatic N) is 6. The van der Waals surface area contributed by atoms with E-state index in [9.17, 15) is 0 Å². The zero-order valence-electron chi connectivity index (χ0n) is 15.1. The summed E-state index contributed by atoms with van der Waals surface area (Å²) in [6.45, 7) is 6.74. The Morgan fingerprint density at radius 1 is 1.15 bits per heavy atom. The van der Waals surface area contributed by atoms with E-state index in [0.29, 0.717) is 12.0 Å². The number of aromatic nitrogens is 5. The molecule has 1 aromatic carbocycles. The van der Waals surface area contributed by atoms with Gasteiger partial charge in [-0.05, 0) is 32.3 Å². The van der Waals surface area contributed by atoms with E-state index in [0.717, 1.165) is 43.4 Å². The molecule has 3 aromatic rings. The average molecular weight is 369 g/mol. The Bertz CT molecular complexity index is 847. The molecule has 0 bridgehead atoms.